The van der Waals surface area contributed by atoms with E-state index in [1.54, 1.807) is 0 Å². The molecule has 4 aromatic rings. The molecule has 0 radical (unpaired) electrons. The Hall–Kier alpha value is -2.48. The molecule has 0 N–H and O–H groups in total. The van der Waals surface area contributed by atoms with Gasteiger partial charge in [0.1, 0.15) is 5.52 Å². The summed E-state index contributed by atoms with van der Waals surface area (Å²) in [5.41, 5.74) is 1.27. The third-order valence-corrected chi connectivity index (χ3v) is 4.65. The molecule has 130 valence electrons. The number of aryl methyl sites for hydroxylation is 2. The van der Waals surface area contributed by atoms with E-state index in [1.165, 1.54) is 32.4 Å². The fourth-order valence-electron chi connectivity index (χ4n) is 2.90. The Labute approximate surface area is 145 Å². The van der Waals surface area contributed by atoms with Crippen LogP contribution in [0.2, 0.25) is 0 Å². The fourth-order valence-corrected chi connectivity index (χ4v) is 2.90. The number of nitrogens with zero attached hydrogens (tertiary/aromatic N) is 2. The molecule has 25 heavy (non-hydrogen) atoms. The van der Waals surface area contributed by atoms with Gasteiger partial charge in [0.2, 0.25) is 16.6 Å². The van der Waals surface area contributed by atoms with Crippen LogP contribution in [0, 0.1) is 0 Å². The van der Waals surface area contributed by atoms with Crippen molar-refractivity contribution in [1.82, 2.24) is 4.68 Å². The van der Waals surface area contributed by atoms with Crippen LogP contribution in [0.25, 0.3) is 32.4 Å². The van der Waals surface area contributed by atoms with Crippen molar-refractivity contribution < 1.29 is 21.8 Å². The maximum Gasteiger partial charge on any atom is 0.217 e. The van der Waals surface area contributed by atoms with Crippen LogP contribution >= 0.6 is 0 Å². The van der Waals surface area contributed by atoms with E-state index in [-0.39, 0.29) is 0 Å². The second-order valence-electron chi connectivity index (χ2n) is 5.72. The van der Waals surface area contributed by atoms with Gasteiger partial charge in [-0.1, -0.05) is 36.4 Å². The molecule has 0 spiro atoms. The zero-order valence-electron chi connectivity index (χ0n) is 14.1. The van der Waals surface area contributed by atoms with Crippen molar-refractivity contribution in [3.63, 3.8) is 0 Å². The van der Waals surface area contributed by atoms with Gasteiger partial charge in [0.25, 0.3) is 0 Å². The molecule has 1 heterocycles. The van der Waals surface area contributed by atoms with Crippen molar-refractivity contribution in [2.45, 2.75) is 0 Å². The second-order valence-corrected chi connectivity index (χ2v) is 6.87. The molecule has 0 amide bonds. The maximum atomic E-state index is 9.22. The van der Waals surface area contributed by atoms with Gasteiger partial charge in [-0.2, -0.15) is 4.68 Å². The number of benzene rings is 3. The number of hydrogen-bond donors (Lipinski definition) is 0. The number of hydrogen-bond acceptors (Lipinski definition) is 4. The molecule has 0 saturated heterocycles. The predicted octanol–water partition coefficient (Wildman–Crippen LogP) is 2.40. The Morgan fingerprint density at radius 1 is 1.00 bits per heavy atom. The van der Waals surface area contributed by atoms with Gasteiger partial charge in [0.05, 0.1) is 19.5 Å². The average Bonchev–Trinajstić information content (AvgIpc) is 2.87. The summed E-state index contributed by atoms with van der Waals surface area (Å²) in [5.74, 6) is 0. The molecule has 3 aromatic carbocycles. The van der Waals surface area contributed by atoms with Gasteiger partial charge in [-0.05, 0) is 33.7 Å². The Balaban J connectivity index is 0.000000265. The Morgan fingerprint density at radius 2 is 1.64 bits per heavy atom. The minimum Gasteiger partial charge on any atom is -0.726 e. The van der Waals surface area contributed by atoms with Crippen molar-refractivity contribution in [2.75, 3.05) is 7.11 Å². The molecule has 0 aliphatic rings. The molecule has 7 heteroatoms. The molecular weight excluding hydrogens is 340 g/mol. The molecule has 0 saturated carbocycles. The first-order valence-corrected chi connectivity index (χ1v) is 8.92. The second kappa shape index (κ2) is 6.44. The average molecular weight is 358 g/mol. The molecule has 0 aliphatic carbocycles. The molecule has 0 atom stereocenters. The molecule has 1 aromatic heterocycles. The normalized spacial score (nSPS) is 11.7. The SMILES string of the molecule is COS(=O)(=O)[O-].Cn1c2cc3c(ccc4ccccc43)cc2c[n+]1C. The smallest absolute Gasteiger partial charge is 0.217 e. The lowest BCUT2D eigenvalue weighted by molar-refractivity contribution is -0.748. The standard InChI is InChI=1S/C17H15N2.CH4O4S/c1-18-11-14-9-13-8-7-12-5-3-4-6-15(12)16(13)10-17(14)19(18)2;1-5-6(2,3)4/h3-11H,1-2H3;1H3,(H,2,3,4)/q+1;/p-1. The summed E-state index contributed by atoms with van der Waals surface area (Å²) in [6.45, 7) is 0. The summed E-state index contributed by atoms with van der Waals surface area (Å²) in [4.78, 5) is 0. The minimum atomic E-state index is -4.41. The maximum absolute atomic E-state index is 9.22. The lowest BCUT2D eigenvalue weighted by atomic mass is 10.0. The van der Waals surface area contributed by atoms with Crippen LogP contribution in [0.4, 0.5) is 0 Å². The van der Waals surface area contributed by atoms with Crippen LogP contribution in [0.15, 0.2) is 54.7 Å². The first-order chi connectivity index (χ1) is 11.8. The number of aromatic nitrogens is 2. The minimum absolute atomic E-state index is 0.808. The van der Waals surface area contributed by atoms with Gasteiger partial charge in [-0.25, -0.2) is 8.42 Å². The van der Waals surface area contributed by atoms with Crippen molar-refractivity contribution in [1.29, 1.82) is 0 Å². The van der Waals surface area contributed by atoms with Crippen LogP contribution in [0.1, 0.15) is 0 Å². The third kappa shape index (κ3) is 3.48. The highest BCUT2D eigenvalue weighted by Gasteiger charge is 2.10. The monoisotopic (exact) mass is 358 g/mol. The van der Waals surface area contributed by atoms with E-state index in [2.05, 4.69) is 82.4 Å². The van der Waals surface area contributed by atoms with Crippen LogP contribution in [0.5, 0.6) is 0 Å². The van der Waals surface area contributed by atoms with Crippen molar-refractivity contribution in [3.8, 4) is 0 Å². The van der Waals surface area contributed by atoms with E-state index in [0.29, 0.717) is 0 Å². The summed E-state index contributed by atoms with van der Waals surface area (Å²) in [5, 5.41) is 6.54. The van der Waals surface area contributed by atoms with Gasteiger partial charge < -0.3 is 4.55 Å². The highest BCUT2D eigenvalue weighted by Crippen LogP contribution is 2.28. The van der Waals surface area contributed by atoms with Crippen LogP contribution in [-0.4, -0.2) is 24.8 Å². The zero-order valence-corrected chi connectivity index (χ0v) is 14.9. The number of rotatable bonds is 1. The van der Waals surface area contributed by atoms with Gasteiger partial charge in [-0.15, -0.1) is 4.68 Å². The molecule has 0 unspecified atom stereocenters. The summed E-state index contributed by atoms with van der Waals surface area (Å²) >= 11 is 0. The highest BCUT2D eigenvalue weighted by molar-refractivity contribution is 7.80. The van der Waals surface area contributed by atoms with E-state index in [1.807, 2.05) is 0 Å². The summed E-state index contributed by atoms with van der Waals surface area (Å²) in [7, 11) is 0.565. The quantitative estimate of drug-likeness (QED) is 0.227. The van der Waals surface area contributed by atoms with Crippen LogP contribution in [0.3, 0.4) is 0 Å². The molecule has 0 fully saturated rings. The van der Waals surface area contributed by atoms with Crippen LogP contribution < -0.4 is 4.68 Å². The Morgan fingerprint density at radius 3 is 2.32 bits per heavy atom. The third-order valence-electron chi connectivity index (χ3n) is 4.24. The Bertz CT molecular complexity index is 1180. The van der Waals surface area contributed by atoms with Gasteiger partial charge in [-0.3, -0.25) is 4.18 Å². The summed E-state index contributed by atoms with van der Waals surface area (Å²) < 4.78 is 35.3. The molecule has 0 aliphatic heterocycles. The van der Waals surface area contributed by atoms with E-state index < -0.39 is 10.4 Å². The fraction of sp³-hybridized carbons (Fsp3) is 0.167. The summed E-state index contributed by atoms with van der Waals surface area (Å²) in [6.07, 6.45) is 2.17. The topological polar surface area (TPSA) is 75.2 Å². The first kappa shape index (κ1) is 17.3. The lowest BCUT2D eigenvalue weighted by Crippen LogP contribution is -2.35. The van der Waals surface area contributed by atoms with Crippen molar-refractivity contribution >= 4 is 42.8 Å². The number of fused-ring (bicyclic) bond motifs is 4. The molecular formula is C18H18N2O4S. The molecule has 6 nitrogen and oxygen atoms in total. The first-order valence-electron chi connectivity index (χ1n) is 7.58. The highest BCUT2D eigenvalue weighted by atomic mass is 32.3. The van der Waals surface area contributed by atoms with E-state index in [9.17, 15) is 13.0 Å². The molecule has 0 bridgehead atoms. The lowest BCUT2D eigenvalue weighted by Gasteiger charge is -2.03. The predicted molar refractivity (Wildman–Crippen MR) is 95.8 cm³/mol. The van der Waals surface area contributed by atoms with Gasteiger partial charge in [0, 0.05) is 0 Å². The van der Waals surface area contributed by atoms with E-state index >= 15 is 0 Å². The largest absolute Gasteiger partial charge is 0.726 e. The molecule has 4 rings (SSSR count). The van der Waals surface area contributed by atoms with E-state index in [4.69, 9.17) is 0 Å². The van der Waals surface area contributed by atoms with Crippen LogP contribution in [-0.2, 0) is 28.7 Å². The summed E-state index contributed by atoms with van der Waals surface area (Å²) in [6, 6.07) is 17.6. The van der Waals surface area contributed by atoms with Crippen molar-refractivity contribution in [2.24, 2.45) is 14.1 Å². The van der Waals surface area contributed by atoms with Gasteiger partial charge >= 0.3 is 0 Å². The zero-order chi connectivity index (χ0) is 18.2. The van der Waals surface area contributed by atoms with E-state index in [0.717, 1.165) is 7.11 Å². The van der Waals surface area contributed by atoms with Gasteiger partial charge in [0.15, 0.2) is 7.05 Å². The van der Waals surface area contributed by atoms with Crippen molar-refractivity contribution in [3.05, 3.63) is 54.7 Å². The Kier molecular flexibility index (Phi) is 4.47.